The maximum atomic E-state index is 6.00. The number of hydrogen-bond acceptors (Lipinski definition) is 3. The van der Waals surface area contributed by atoms with Gasteiger partial charge in [-0.05, 0) is 43.0 Å². The predicted molar refractivity (Wildman–Crippen MR) is 80.0 cm³/mol. The summed E-state index contributed by atoms with van der Waals surface area (Å²) in [6, 6.07) is 5.71. The average molecular weight is 286 g/mol. The Morgan fingerprint density at radius 3 is 2.58 bits per heavy atom. The Morgan fingerprint density at radius 2 is 1.95 bits per heavy atom. The van der Waals surface area contributed by atoms with Crippen LogP contribution in [0.15, 0.2) is 18.2 Å². The first-order valence-electron chi connectivity index (χ1n) is 6.73. The van der Waals surface area contributed by atoms with E-state index in [9.17, 15) is 0 Å². The van der Waals surface area contributed by atoms with E-state index in [1.165, 1.54) is 0 Å². The molecule has 1 aromatic carbocycles. The Balaban J connectivity index is 2.47. The Kier molecular flexibility index (Phi) is 7.21. The van der Waals surface area contributed by atoms with Crippen LogP contribution in [0.5, 0.6) is 5.75 Å². The fourth-order valence-electron chi connectivity index (χ4n) is 1.72. The summed E-state index contributed by atoms with van der Waals surface area (Å²) in [7, 11) is 0. The second kappa shape index (κ2) is 8.41. The Bertz CT molecular complexity index is 380. The molecule has 2 N–H and O–H groups in total. The lowest BCUT2D eigenvalue weighted by molar-refractivity contribution is 0.0816. The van der Waals surface area contributed by atoms with Crippen LogP contribution in [0.2, 0.25) is 5.02 Å². The first-order valence-corrected chi connectivity index (χ1v) is 7.11. The highest BCUT2D eigenvalue weighted by molar-refractivity contribution is 6.30. The first-order chi connectivity index (χ1) is 8.99. The zero-order valence-electron chi connectivity index (χ0n) is 12.0. The Morgan fingerprint density at radius 1 is 1.21 bits per heavy atom. The second-order valence-electron chi connectivity index (χ2n) is 5.25. The molecule has 1 rings (SSSR count). The summed E-state index contributed by atoms with van der Waals surface area (Å²) < 4.78 is 11.2. The molecule has 3 nitrogen and oxygen atoms in total. The smallest absolute Gasteiger partial charge is 0.122 e. The second-order valence-corrected chi connectivity index (χ2v) is 5.69. The summed E-state index contributed by atoms with van der Waals surface area (Å²) in [4.78, 5) is 0. The van der Waals surface area contributed by atoms with Gasteiger partial charge in [0, 0.05) is 17.7 Å². The minimum absolute atomic E-state index is 0.0815. The molecule has 1 aromatic rings. The summed E-state index contributed by atoms with van der Waals surface area (Å²) in [5.74, 6) is 1.39. The summed E-state index contributed by atoms with van der Waals surface area (Å²) in [6.07, 6.45) is 0.753. The minimum Gasteiger partial charge on any atom is -0.491 e. The van der Waals surface area contributed by atoms with Gasteiger partial charge in [0.05, 0.1) is 6.61 Å². The lowest BCUT2D eigenvalue weighted by Crippen LogP contribution is -2.18. The van der Waals surface area contributed by atoms with Crippen LogP contribution in [0.25, 0.3) is 0 Å². The molecule has 0 saturated carbocycles. The predicted octanol–water partition coefficient (Wildman–Crippen LogP) is 3.28. The van der Waals surface area contributed by atoms with Gasteiger partial charge in [-0.2, -0.15) is 0 Å². The molecule has 0 aromatic heterocycles. The first kappa shape index (κ1) is 16.3. The van der Waals surface area contributed by atoms with E-state index < -0.39 is 0 Å². The van der Waals surface area contributed by atoms with Crippen molar-refractivity contribution in [3.8, 4) is 5.75 Å². The van der Waals surface area contributed by atoms with E-state index in [-0.39, 0.29) is 6.04 Å². The molecule has 4 heteroatoms. The van der Waals surface area contributed by atoms with Crippen LogP contribution in [-0.4, -0.2) is 25.9 Å². The molecule has 0 fully saturated rings. The third-order valence-electron chi connectivity index (χ3n) is 2.50. The van der Waals surface area contributed by atoms with Crippen LogP contribution in [0, 0.1) is 5.92 Å². The number of ether oxygens (including phenoxy) is 2. The molecule has 19 heavy (non-hydrogen) atoms. The number of hydrogen-bond donors (Lipinski definition) is 1. The summed E-state index contributed by atoms with van der Waals surface area (Å²) >= 11 is 6.00. The lowest BCUT2D eigenvalue weighted by Gasteiger charge is -2.14. The van der Waals surface area contributed by atoms with Gasteiger partial charge in [0.25, 0.3) is 0 Å². The van der Waals surface area contributed by atoms with Crippen molar-refractivity contribution >= 4 is 11.6 Å². The van der Waals surface area contributed by atoms with Gasteiger partial charge >= 0.3 is 0 Å². The highest BCUT2D eigenvalue weighted by Crippen LogP contribution is 2.24. The number of nitrogens with two attached hydrogens (primary N) is 1. The quantitative estimate of drug-likeness (QED) is 0.746. The highest BCUT2D eigenvalue weighted by atomic mass is 35.5. The topological polar surface area (TPSA) is 44.5 Å². The largest absolute Gasteiger partial charge is 0.491 e. The molecule has 0 bridgehead atoms. The van der Waals surface area contributed by atoms with E-state index in [2.05, 4.69) is 13.8 Å². The molecule has 0 amide bonds. The monoisotopic (exact) mass is 285 g/mol. The Hall–Kier alpha value is -0.770. The molecule has 0 aliphatic heterocycles. The van der Waals surface area contributed by atoms with Crippen molar-refractivity contribution in [2.24, 2.45) is 11.7 Å². The van der Waals surface area contributed by atoms with E-state index in [4.69, 9.17) is 26.8 Å². The van der Waals surface area contributed by atoms with Gasteiger partial charge < -0.3 is 15.2 Å². The van der Waals surface area contributed by atoms with E-state index >= 15 is 0 Å². The molecular formula is C15H24ClNO2. The standard InChI is InChI=1S/C15H24ClNO2/c1-11(2)10-18-6-7-19-15-5-4-14(16)9-13(15)8-12(3)17/h4-5,9,11-12H,6-8,10,17H2,1-3H3. The van der Waals surface area contributed by atoms with Crippen molar-refractivity contribution in [2.45, 2.75) is 33.2 Å². The van der Waals surface area contributed by atoms with Gasteiger partial charge in [-0.1, -0.05) is 25.4 Å². The number of rotatable bonds is 8. The van der Waals surface area contributed by atoms with Crippen molar-refractivity contribution in [1.82, 2.24) is 0 Å². The van der Waals surface area contributed by atoms with Crippen LogP contribution in [0.4, 0.5) is 0 Å². The maximum absolute atomic E-state index is 6.00. The van der Waals surface area contributed by atoms with Crippen molar-refractivity contribution in [1.29, 1.82) is 0 Å². The highest BCUT2D eigenvalue weighted by Gasteiger charge is 2.07. The molecule has 0 radical (unpaired) electrons. The fraction of sp³-hybridized carbons (Fsp3) is 0.600. The zero-order chi connectivity index (χ0) is 14.3. The molecule has 0 aliphatic carbocycles. The molecule has 0 saturated heterocycles. The van der Waals surface area contributed by atoms with Gasteiger partial charge in [0.15, 0.2) is 0 Å². The molecule has 108 valence electrons. The van der Waals surface area contributed by atoms with Crippen LogP contribution in [-0.2, 0) is 11.2 Å². The third kappa shape index (κ3) is 6.81. The van der Waals surface area contributed by atoms with Crippen molar-refractivity contribution < 1.29 is 9.47 Å². The van der Waals surface area contributed by atoms with Crippen LogP contribution < -0.4 is 10.5 Å². The molecule has 1 unspecified atom stereocenters. The van der Waals surface area contributed by atoms with Gasteiger partial charge in [-0.3, -0.25) is 0 Å². The normalized spacial score (nSPS) is 12.7. The van der Waals surface area contributed by atoms with Crippen molar-refractivity contribution in [3.63, 3.8) is 0 Å². The lowest BCUT2D eigenvalue weighted by atomic mass is 10.1. The molecule has 0 aliphatic rings. The minimum atomic E-state index is 0.0815. The third-order valence-corrected chi connectivity index (χ3v) is 2.74. The van der Waals surface area contributed by atoms with Crippen LogP contribution in [0.3, 0.4) is 0 Å². The molecule has 0 heterocycles. The fourth-order valence-corrected chi connectivity index (χ4v) is 1.92. The van der Waals surface area contributed by atoms with Gasteiger partial charge in [-0.25, -0.2) is 0 Å². The van der Waals surface area contributed by atoms with Crippen LogP contribution >= 0.6 is 11.6 Å². The van der Waals surface area contributed by atoms with Gasteiger partial charge in [-0.15, -0.1) is 0 Å². The zero-order valence-corrected chi connectivity index (χ0v) is 12.7. The SMILES string of the molecule is CC(C)COCCOc1ccc(Cl)cc1CC(C)N. The Labute approximate surface area is 121 Å². The maximum Gasteiger partial charge on any atom is 0.122 e. The average Bonchev–Trinajstić information content (AvgIpc) is 2.30. The summed E-state index contributed by atoms with van der Waals surface area (Å²) in [5.41, 5.74) is 6.88. The van der Waals surface area contributed by atoms with E-state index in [1.807, 2.05) is 25.1 Å². The van der Waals surface area contributed by atoms with Crippen molar-refractivity contribution in [3.05, 3.63) is 28.8 Å². The number of halogens is 1. The van der Waals surface area contributed by atoms with Crippen LogP contribution in [0.1, 0.15) is 26.3 Å². The van der Waals surface area contributed by atoms with E-state index in [1.54, 1.807) is 0 Å². The van der Waals surface area contributed by atoms with Gasteiger partial charge in [0.1, 0.15) is 12.4 Å². The molecule has 1 atom stereocenters. The van der Waals surface area contributed by atoms with E-state index in [0.717, 1.165) is 24.3 Å². The van der Waals surface area contributed by atoms with E-state index in [0.29, 0.717) is 24.2 Å². The molecule has 0 spiro atoms. The number of benzene rings is 1. The summed E-state index contributed by atoms with van der Waals surface area (Å²) in [6.45, 7) is 8.12. The summed E-state index contributed by atoms with van der Waals surface area (Å²) in [5, 5.41) is 0.707. The van der Waals surface area contributed by atoms with Gasteiger partial charge in [0.2, 0.25) is 0 Å². The van der Waals surface area contributed by atoms with Crippen molar-refractivity contribution in [2.75, 3.05) is 19.8 Å². The molecular weight excluding hydrogens is 262 g/mol.